The number of hydrogen-bond donors (Lipinski definition) is 1. The second kappa shape index (κ2) is 8.08. The maximum absolute atomic E-state index is 12.6. The van der Waals surface area contributed by atoms with E-state index < -0.39 is 0 Å². The third-order valence-electron chi connectivity index (χ3n) is 4.88. The van der Waals surface area contributed by atoms with Crippen LogP contribution in [0.15, 0.2) is 71.5 Å². The number of hydrogen-bond acceptors (Lipinski definition) is 4. The first-order chi connectivity index (χ1) is 13.7. The Balaban J connectivity index is 1.50. The van der Waals surface area contributed by atoms with Crippen molar-refractivity contribution in [3.63, 3.8) is 0 Å². The molecule has 1 aromatic heterocycles. The zero-order valence-electron chi connectivity index (χ0n) is 15.5. The van der Waals surface area contributed by atoms with Crippen LogP contribution in [0.3, 0.4) is 0 Å². The standard InChI is InChI=1S/C22H22N4O2/c27-21-14-13-20(24-26(21)19-7-3-1-4-8-19)22(28)23-17-9-11-18(12-10-17)25-15-5-2-6-16-25/h1,3-4,7-14H,2,5-6,15-16H2,(H,23,28). The van der Waals surface area contributed by atoms with Crippen molar-refractivity contribution < 1.29 is 4.79 Å². The van der Waals surface area contributed by atoms with Gasteiger partial charge in [0.05, 0.1) is 5.69 Å². The molecule has 142 valence electrons. The first-order valence-electron chi connectivity index (χ1n) is 9.53. The van der Waals surface area contributed by atoms with E-state index in [2.05, 4.69) is 15.3 Å². The van der Waals surface area contributed by atoms with Gasteiger partial charge < -0.3 is 10.2 Å². The van der Waals surface area contributed by atoms with Crippen LogP contribution in [-0.2, 0) is 0 Å². The van der Waals surface area contributed by atoms with Crippen molar-refractivity contribution in [2.24, 2.45) is 0 Å². The molecule has 0 atom stereocenters. The molecule has 1 fully saturated rings. The number of carbonyl (C=O) groups is 1. The van der Waals surface area contributed by atoms with Gasteiger partial charge in [0.1, 0.15) is 5.69 Å². The smallest absolute Gasteiger partial charge is 0.276 e. The molecule has 1 saturated heterocycles. The third-order valence-corrected chi connectivity index (χ3v) is 4.88. The molecule has 3 aromatic rings. The Hall–Kier alpha value is -3.41. The van der Waals surface area contributed by atoms with Gasteiger partial charge in [-0.2, -0.15) is 9.78 Å². The summed E-state index contributed by atoms with van der Waals surface area (Å²) >= 11 is 0. The van der Waals surface area contributed by atoms with Crippen molar-refractivity contribution in [2.45, 2.75) is 19.3 Å². The van der Waals surface area contributed by atoms with Crippen LogP contribution in [0.1, 0.15) is 29.8 Å². The van der Waals surface area contributed by atoms with Crippen molar-refractivity contribution >= 4 is 17.3 Å². The lowest BCUT2D eigenvalue weighted by Gasteiger charge is -2.28. The quantitative estimate of drug-likeness (QED) is 0.759. The zero-order valence-corrected chi connectivity index (χ0v) is 15.5. The molecule has 2 aromatic carbocycles. The number of anilines is 2. The van der Waals surface area contributed by atoms with Crippen LogP contribution >= 0.6 is 0 Å². The number of para-hydroxylation sites is 1. The summed E-state index contributed by atoms with van der Waals surface area (Å²) in [7, 11) is 0. The number of amides is 1. The largest absolute Gasteiger partial charge is 0.372 e. The van der Waals surface area contributed by atoms with Crippen molar-refractivity contribution in [3.05, 3.63) is 82.8 Å². The summed E-state index contributed by atoms with van der Waals surface area (Å²) in [5.74, 6) is -0.351. The molecule has 0 spiro atoms. The summed E-state index contributed by atoms with van der Waals surface area (Å²) in [5, 5.41) is 7.06. The van der Waals surface area contributed by atoms with Crippen LogP contribution in [0.2, 0.25) is 0 Å². The minimum absolute atomic E-state index is 0.184. The highest BCUT2D eigenvalue weighted by molar-refractivity contribution is 6.02. The maximum Gasteiger partial charge on any atom is 0.276 e. The Bertz CT molecular complexity index is 1010. The fraction of sp³-hybridized carbons (Fsp3) is 0.227. The minimum atomic E-state index is -0.351. The Morgan fingerprint density at radius 3 is 2.25 bits per heavy atom. The molecule has 4 rings (SSSR count). The summed E-state index contributed by atoms with van der Waals surface area (Å²) in [6.45, 7) is 2.16. The number of nitrogens with one attached hydrogen (secondary N) is 1. The molecular weight excluding hydrogens is 352 g/mol. The Kier molecular flexibility index (Phi) is 5.19. The number of aromatic nitrogens is 2. The SMILES string of the molecule is O=C(Nc1ccc(N2CCCCC2)cc1)c1ccc(=O)n(-c2ccccc2)n1. The predicted octanol–water partition coefficient (Wildman–Crippen LogP) is 3.48. The first-order valence-corrected chi connectivity index (χ1v) is 9.53. The zero-order chi connectivity index (χ0) is 19.3. The summed E-state index contributed by atoms with van der Waals surface area (Å²) in [6.07, 6.45) is 3.74. The van der Waals surface area contributed by atoms with E-state index in [1.165, 1.54) is 41.8 Å². The molecule has 6 nitrogen and oxygen atoms in total. The van der Waals surface area contributed by atoms with Crippen LogP contribution in [0, 0.1) is 0 Å². The van der Waals surface area contributed by atoms with Gasteiger partial charge in [0.2, 0.25) is 0 Å². The topological polar surface area (TPSA) is 67.2 Å². The molecule has 0 bridgehead atoms. The van der Waals surface area contributed by atoms with E-state index in [-0.39, 0.29) is 17.2 Å². The fourth-order valence-electron chi connectivity index (χ4n) is 3.39. The van der Waals surface area contributed by atoms with Crippen LogP contribution < -0.4 is 15.8 Å². The van der Waals surface area contributed by atoms with Gasteiger partial charge in [0.25, 0.3) is 11.5 Å². The first kappa shape index (κ1) is 18.0. The molecule has 0 unspecified atom stereocenters. The predicted molar refractivity (Wildman–Crippen MR) is 110 cm³/mol. The van der Waals surface area contributed by atoms with Gasteiger partial charge in [-0.3, -0.25) is 9.59 Å². The maximum atomic E-state index is 12.6. The number of carbonyl (C=O) groups excluding carboxylic acids is 1. The van der Waals surface area contributed by atoms with Crippen molar-refractivity contribution in [2.75, 3.05) is 23.3 Å². The molecule has 1 N–H and O–H groups in total. The highest BCUT2D eigenvalue weighted by Crippen LogP contribution is 2.22. The summed E-state index contributed by atoms with van der Waals surface area (Å²) in [6, 6.07) is 19.7. The van der Waals surface area contributed by atoms with Crippen LogP contribution in [0.5, 0.6) is 0 Å². The number of benzene rings is 2. The van der Waals surface area contributed by atoms with Gasteiger partial charge in [-0.1, -0.05) is 18.2 Å². The van der Waals surface area contributed by atoms with Gasteiger partial charge in [-0.05, 0) is 61.7 Å². The molecule has 0 saturated carbocycles. The van der Waals surface area contributed by atoms with Crippen LogP contribution in [-0.4, -0.2) is 28.8 Å². The third kappa shape index (κ3) is 3.96. The van der Waals surface area contributed by atoms with E-state index in [4.69, 9.17) is 0 Å². The molecule has 0 radical (unpaired) electrons. The van der Waals surface area contributed by atoms with Gasteiger partial charge in [0.15, 0.2) is 0 Å². The van der Waals surface area contributed by atoms with Crippen LogP contribution in [0.25, 0.3) is 5.69 Å². The molecule has 1 aliphatic heterocycles. The van der Waals surface area contributed by atoms with Gasteiger partial charge >= 0.3 is 0 Å². The molecule has 1 aliphatic rings. The average Bonchev–Trinajstić information content (AvgIpc) is 2.76. The number of nitrogens with zero attached hydrogens (tertiary/aromatic N) is 3. The normalized spacial score (nSPS) is 13.9. The van der Waals surface area contributed by atoms with E-state index in [9.17, 15) is 9.59 Å². The highest BCUT2D eigenvalue weighted by atomic mass is 16.2. The van der Waals surface area contributed by atoms with E-state index >= 15 is 0 Å². The highest BCUT2D eigenvalue weighted by Gasteiger charge is 2.13. The molecule has 28 heavy (non-hydrogen) atoms. The molecule has 1 amide bonds. The average molecular weight is 374 g/mol. The molecule has 6 heteroatoms. The van der Waals surface area contributed by atoms with Crippen molar-refractivity contribution in [1.82, 2.24) is 9.78 Å². The Morgan fingerprint density at radius 2 is 1.54 bits per heavy atom. The van der Waals surface area contributed by atoms with Crippen molar-refractivity contribution in [1.29, 1.82) is 0 Å². The van der Waals surface area contributed by atoms with Gasteiger partial charge in [0, 0.05) is 30.5 Å². The Labute approximate surface area is 163 Å². The summed E-state index contributed by atoms with van der Waals surface area (Å²) in [4.78, 5) is 27.1. The second-order valence-electron chi connectivity index (χ2n) is 6.85. The Morgan fingerprint density at radius 1 is 0.821 bits per heavy atom. The van der Waals surface area contributed by atoms with E-state index in [1.807, 2.05) is 42.5 Å². The van der Waals surface area contributed by atoms with Crippen LogP contribution in [0.4, 0.5) is 11.4 Å². The van der Waals surface area contributed by atoms with E-state index in [0.29, 0.717) is 11.4 Å². The lowest BCUT2D eigenvalue weighted by molar-refractivity contribution is 0.102. The minimum Gasteiger partial charge on any atom is -0.372 e. The molecule has 2 heterocycles. The second-order valence-corrected chi connectivity index (χ2v) is 6.85. The van der Waals surface area contributed by atoms with Crippen molar-refractivity contribution in [3.8, 4) is 5.69 Å². The number of rotatable bonds is 4. The van der Waals surface area contributed by atoms with Gasteiger partial charge in [-0.25, -0.2) is 0 Å². The monoisotopic (exact) mass is 374 g/mol. The molecule has 0 aliphatic carbocycles. The lowest BCUT2D eigenvalue weighted by Crippen LogP contribution is -2.29. The molecular formula is C22H22N4O2. The van der Waals surface area contributed by atoms with E-state index in [1.54, 1.807) is 12.1 Å². The van der Waals surface area contributed by atoms with E-state index in [0.717, 1.165) is 13.1 Å². The fourth-order valence-corrected chi connectivity index (χ4v) is 3.39. The van der Waals surface area contributed by atoms with Gasteiger partial charge in [-0.15, -0.1) is 0 Å². The summed E-state index contributed by atoms with van der Waals surface area (Å²) in [5.41, 5.74) is 2.39. The summed E-state index contributed by atoms with van der Waals surface area (Å²) < 4.78 is 1.23. The lowest BCUT2D eigenvalue weighted by atomic mass is 10.1. The number of piperidine rings is 1.